The maximum absolute atomic E-state index is 4.85. The SMILES string of the molecule is CCNc1nc(C(C)C)nc(N(CC)CC(C)CC)c1C. The molecule has 0 saturated carbocycles. The van der Waals surface area contributed by atoms with Crippen LogP contribution in [0.4, 0.5) is 11.6 Å². The quantitative estimate of drug-likeness (QED) is 0.779. The molecular weight excluding hydrogens is 260 g/mol. The Balaban J connectivity index is 3.23. The summed E-state index contributed by atoms with van der Waals surface area (Å²) in [6.07, 6.45) is 1.19. The summed E-state index contributed by atoms with van der Waals surface area (Å²) in [6.45, 7) is 18.2. The molecule has 1 heterocycles. The largest absolute Gasteiger partial charge is 0.370 e. The van der Waals surface area contributed by atoms with E-state index in [0.717, 1.165) is 42.7 Å². The van der Waals surface area contributed by atoms with Crippen LogP contribution in [0.25, 0.3) is 0 Å². The van der Waals surface area contributed by atoms with E-state index in [2.05, 4.69) is 63.7 Å². The molecule has 0 radical (unpaired) electrons. The van der Waals surface area contributed by atoms with E-state index in [4.69, 9.17) is 4.98 Å². The van der Waals surface area contributed by atoms with E-state index in [0.29, 0.717) is 11.8 Å². The number of hydrogen-bond acceptors (Lipinski definition) is 4. The number of anilines is 2. The first kappa shape index (κ1) is 17.7. The summed E-state index contributed by atoms with van der Waals surface area (Å²) in [6, 6.07) is 0. The van der Waals surface area contributed by atoms with Crippen molar-refractivity contribution in [2.75, 3.05) is 29.9 Å². The Morgan fingerprint density at radius 1 is 1.10 bits per heavy atom. The van der Waals surface area contributed by atoms with Crippen LogP contribution in [0, 0.1) is 12.8 Å². The molecule has 21 heavy (non-hydrogen) atoms. The molecule has 0 amide bonds. The van der Waals surface area contributed by atoms with Crippen molar-refractivity contribution in [2.24, 2.45) is 5.92 Å². The molecule has 0 saturated heterocycles. The van der Waals surface area contributed by atoms with Crippen LogP contribution < -0.4 is 10.2 Å². The average Bonchev–Trinajstić information content (AvgIpc) is 2.46. The van der Waals surface area contributed by atoms with E-state index < -0.39 is 0 Å². The van der Waals surface area contributed by atoms with Crippen LogP contribution in [0.1, 0.15) is 65.3 Å². The van der Waals surface area contributed by atoms with E-state index in [1.165, 1.54) is 6.42 Å². The topological polar surface area (TPSA) is 41.1 Å². The highest BCUT2D eigenvalue weighted by atomic mass is 15.2. The van der Waals surface area contributed by atoms with Crippen LogP contribution in [0.5, 0.6) is 0 Å². The van der Waals surface area contributed by atoms with E-state index in [-0.39, 0.29) is 0 Å². The van der Waals surface area contributed by atoms with Crippen LogP contribution in [0.3, 0.4) is 0 Å². The lowest BCUT2D eigenvalue weighted by atomic mass is 10.1. The summed E-state index contributed by atoms with van der Waals surface area (Å²) in [5.74, 6) is 4.00. The van der Waals surface area contributed by atoms with Crippen molar-refractivity contribution in [1.82, 2.24) is 9.97 Å². The third-order valence-electron chi connectivity index (χ3n) is 3.91. The summed E-state index contributed by atoms with van der Waals surface area (Å²) in [4.78, 5) is 11.9. The summed E-state index contributed by atoms with van der Waals surface area (Å²) < 4.78 is 0. The van der Waals surface area contributed by atoms with Crippen molar-refractivity contribution >= 4 is 11.6 Å². The number of hydrogen-bond donors (Lipinski definition) is 1. The predicted molar refractivity (Wildman–Crippen MR) is 92.4 cm³/mol. The number of nitrogens with zero attached hydrogens (tertiary/aromatic N) is 3. The molecule has 0 spiro atoms. The summed E-state index contributed by atoms with van der Waals surface area (Å²) >= 11 is 0. The van der Waals surface area contributed by atoms with Gasteiger partial charge in [-0.1, -0.05) is 34.1 Å². The zero-order valence-corrected chi connectivity index (χ0v) is 14.8. The average molecular weight is 292 g/mol. The van der Waals surface area contributed by atoms with Gasteiger partial charge < -0.3 is 10.2 Å². The molecule has 1 aromatic heterocycles. The Morgan fingerprint density at radius 3 is 2.24 bits per heavy atom. The molecule has 0 bridgehead atoms. The van der Waals surface area contributed by atoms with E-state index in [1.807, 2.05) is 0 Å². The van der Waals surface area contributed by atoms with E-state index in [1.54, 1.807) is 0 Å². The maximum Gasteiger partial charge on any atom is 0.137 e. The molecule has 1 aromatic rings. The van der Waals surface area contributed by atoms with Gasteiger partial charge in [-0.3, -0.25) is 0 Å². The lowest BCUT2D eigenvalue weighted by molar-refractivity contribution is 0.543. The van der Waals surface area contributed by atoms with Crippen molar-refractivity contribution in [2.45, 2.75) is 60.8 Å². The molecule has 0 aliphatic rings. The highest BCUT2D eigenvalue weighted by molar-refractivity contribution is 5.58. The summed E-state index contributed by atoms with van der Waals surface area (Å²) in [7, 11) is 0. The second-order valence-electron chi connectivity index (χ2n) is 6.12. The molecule has 0 aliphatic carbocycles. The lowest BCUT2D eigenvalue weighted by Crippen LogP contribution is -2.30. The fourth-order valence-corrected chi connectivity index (χ4v) is 2.30. The molecule has 4 nitrogen and oxygen atoms in total. The second kappa shape index (κ2) is 8.20. The molecule has 120 valence electrons. The lowest BCUT2D eigenvalue weighted by Gasteiger charge is -2.28. The van der Waals surface area contributed by atoms with Gasteiger partial charge in [0.2, 0.25) is 0 Å². The Labute approximate surface area is 130 Å². The highest BCUT2D eigenvalue weighted by Gasteiger charge is 2.18. The first-order valence-corrected chi connectivity index (χ1v) is 8.31. The predicted octanol–water partition coefficient (Wildman–Crippen LogP) is 4.21. The number of aromatic nitrogens is 2. The van der Waals surface area contributed by atoms with Gasteiger partial charge in [-0.25, -0.2) is 9.97 Å². The van der Waals surface area contributed by atoms with E-state index in [9.17, 15) is 0 Å². The van der Waals surface area contributed by atoms with Crippen molar-refractivity contribution < 1.29 is 0 Å². The summed E-state index contributed by atoms with van der Waals surface area (Å²) in [5, 5.41) is 3.38. The van der Waals surface area contributed by atoms with Gasteiger partial charge >= 0.3 is 0 Å². The summed E-state index contributed by atoms with van der Waals surface area (Å²) in [5.41, 5.74) is 1.16. The Morgan fingerprint density at radius 2 is 1.76 bits per heavy atom. The molecule has 1 unspecified atom stereocenters. The number of nitrogens with one attached hydrogen (secondary N) is 1. The van der Waals surface area contributed by atoms with Gasteiger partial charge in [0.1, 0.15) is 17.5 Å². The van der Waals surface area contributed by atoms with Gasteiger partial charge in [-0.05, 0) is 26.7 Å². The van der Waals surface area contributed by atoms with Crippen molar-refractivity contribution in [3.8, 4) is 0 Å². The maximum atomic E-state index is 4.85. The van der Waals surface area contributed by atoms with Crippen LogP contribution >= 0.6 is 0 Å². The third kappa shape index (κ3) is 4.58. The second-order valence-corrected chi connectivity index (χ2v) is 6.12. The molecular formula is C17H32N4. The van der Waals surface area contributed by atoms with Crippen LogP contribution in [0.2, 0.25) is 0 Å². The standard InChI is InChI=1S/C17H32N4/c1-8-13(6)11-21(10-3)17-14(7)16(18-9-2)19-15(20-17)12(4)5/h12-13H,8-11H2,1-7H3,(H,18,19,20). The fraction of sp³-hybridized carbons (Fsp3) is 0.765. The Bertz CT molecular complexity index is 443. The van der Waals surface area contributed by atoms with Crippen molar-refractivity contribution in [1.29, 1.82) is 0 Å². The molecule has 4 heteroatoms. The van der Waals surface area contributed by atoms with Crippen molar-refractivity contribution in [3.05, 3.63) is 11.4 Å². The zero-order valence-electron chi connectivity index (χ0n) is 14.8. The fourth-order valence-electron chi connectivity index (χ4n) is 2.30. The van der Waals surface area contributed by atoms with Gasteiger partial charge in [-0.2, -0.15) is 0 Å². The van der Waals surface area contributed by atoms with Crippen LogP contribution in [-0.2, 0) is 0 Å². The van der Waals surface area contributed by atoms with Gasteiger partial charge in [0.25, 0.3) is 0 Å². The number of rotatable bonds is 8. The Hall–Kier alpha value is -1.32. The minimum absolute atomic E-state index is 0.337. The van der Waals surface area contributed by atoms with Crippen molar-refractivity contribution in [3.63, 3.8) is 0 Å². The molecule has 0 aromatic carbocycles. The third-order valence-corrected chi connectivity index (χ3v) is 3.91. The van der Waals surface area contributed by atoms with Crippen LogP contribution in [0.15, 0.2) is 0 Å². The Kier molecular flexibility index (Phi) is 6.93. The first-order chi connectivity index (χ1) is 9.94. The minimum atomic E-state index is 0.337. The normalized spacial score (nSPS) is 12.6. The monoisotopic (exact) mass is 292 g/mol. The van der Waals surface area contributed by atoms with Gasteiger partial charge in [0, 0.05) is 31.1 Å². The smallest absolute Gasteiger partial charge is 0.137 e. The molecule has 0 fully saturated rings. The van der Waals surface area contributed by atoms with Crippen LogP contribution in [-0.4, -0.2) is 29.6 Å². The molecule has 0 aliphatic heterocycles. The van der Waals surface area contributed by atoms with Gasteiger partial charge in [0.15, 0.2) is 0 Å². The van der Waals surface area contributed by atoms with E-state index >= 15 is 0 Å². The molecule has 1 N–H and O–H groups in total. The van der Waals surface area contributed by atoms with Gasteiger partial charge in [0.05, 0.1) is 0 Å². The zero-order chi connectivity index (χ0) is 16.0. The minimum Gasteiger partial charge on any atom is -0.370 e. The first-order valence-electron chi connectivity index (χ1n) is 8.31. The highest BCUT2D eigenvalue weighted by Crippen LogP contribution is 2.26. The molecule has 1 rings (SSSR count). The molecule has 1 atom stereocenters. The van der Waals surface area contributed by atoms with Gasteiger partial charge in [-0.15, -0.1) is 0 Å².